The predicted molar refractivity (Wildman–Crippen MR) is 74.2 cm³/mol. The molecule has 0 atom stereocenters. The van der Waals surface area contributed by atoms with Crippen molar-refractivity contribution in [3.8, 4) is 0 Å². The number of carboxylic acid groups (broad SMARTS) is 1. The second kappa shape index (κ2) is 6.09. The summed E-state index contributed by atoms with van der Waals surface area (Å²) in [5.74, 6) is -1.24. The smallest absolute Gasteiger partial charge is 0.304 e. The minimum Gasteiger partial charge on any atom is -0.481 e. The maximum atomic E-state index is 12.3. The van der Waals surface area contributed by atoms with Gasteiger partial charge in [0.2, 0.25) is 5.91 Å². The number of carbonyl (C=O) groups excluding carboxylic acids is 1. The summed E-state index contributed by atoms with van der Waals surface area (Å²) in [5, 5.41) is 8.62. The van der Waals surface area contributed by atoms with Crippen molar-refractivity contribution in [1.82, 2.24) is 9.80 Å². The zero-order valence-corrected chi connectivity index (χ0v) is 12.9. The second-order valence-electron chi connectivity index (χ2n) is 5.56. The zero-order chi connectivity index (χ0) is 15.6. The van der Waals surface area contributed by atoms with Crippen LogP contribution in [0, 0.1) is 0 Å². The summed E-state index contributed by atoms with van der Waals surface area (Å²) in [6, 6.07) is 0. The maximum absolute atomic E-state index is 12.3. The number of piperazine rings is 1. The SMILES string of the molecule is CC(C)(C(=O)N1CCN(CCC(=O)O)CC1)S(C)(=O)=O. The number of carbonyl (C=O) groups is 2. The van der Waals surface area contributed by atoms with Crippen LogP contribution in [0.4, 0.5) is 0 Å². The Morgan fingerprint density at radius 2 is 1.65 bits per heavy atom. The minimum absolute atomic E-state index is 0.0722. The largest absolute Gasteiger partial charge is 0.481 e. The van der Waals surface area contributed by atoms with Crippen LogP contribution in [-0.4, -0.2) is 78.9 Å². The van der Waals surface area contributed by atoms with Crippen molar-refractivity contribution >= 4 is 21.7 Å². The van der Waals surface area contributed by atoms with E-state index < -0.39 is 26.5 Å². The third kappa shape index (κ3) is 3.92. The fourth-order valence-corrected chi connectivity index (χ4v) is 2.41. The Kier molecular flexibility index (Phi) is 5.15. The van der Waals surface area contributed by atoms with Gasteiger partial charge in [0.15, 0.2) is 9.84 Å². The quantitative estimate of drug-likeness (QED) is 0.731. The summed E-state index contributed by atoms with van der Waals surface area (Å²) in [6.07, 6.45) is 1.14. The lowest BCUT2D eigenvalue weighted by Gasteiger charge is -2.37. The van der Waals surface area contributed by atoms with Crippen molar-refractivity contribution in [1.29, 1.82) is 0 Å². The molecule has 0 unspecified atom stereocenters. The summed E-state index contributed by atoms with van der Waals surface area (Å²) in [4.78, 5) is 26.3. The number of amides is 1. The molecule has 1 aliphatic heterocycles. The Bertz CT molecular complexity index is 478. The Balaban J connectivity index is 2.58. The Morgan fingerprint density at radius 1 is 1.15 bits per heavy atom. The molecule has 0 aromatic heterocycles. The predicted octanol–water partition coefficient (Wildman–Crippen LogP) is -0.571. The molecule has 20 heavy (non-hydrogen) atoms. The molecule has 1 N–H and O–H groups in total. The second-order valence-corrected chi connectivity index (χ2v) is 8.13. The first-order valence-electron chi connectivity index (χ1n) is 6.49. The first-order chi connectivity index (χ1) is 9.05. The topological polar surface area (TPSA) is 95.0 Å². The maximum Gasteiger partial charge on any atom is 0.304 e. The summed E-state index contributed by atoms with van der Waals surface area (Å²) in [6.45, 7) is 5.28. The molecule has 8 heteroatoms. The Hall–Kier alpha value is -1.15. The molecular formula is C12H22N2O5S. The fraction of sp³-hybridized carbons (Fsp3) is 0.833. The van der Waals surface area contributed by atoms with Gasteiger partial charge in [0, 0.05) is 39.0 Å². The summed E-state index contributed by atoms with van der Waals surface area (Å²) >= 11 is 0. The van der Waals surface area contributed by atoms with E-state index in [-0.39, 0.29) is 6.42 Å². The lowest BCUT2D eigenvalue weighted by molar-refractivity contribution is -0.138. The monoisotopic (exact) mass is 306 g/mol. The molecule has 0 saturated carbocycles. The number of nitrogens with zero attached hydrogens (tertiary/aromatic N) is 2. The molecule has 0 aromatic rings. The van der Waals surface area contributed by atoms with E-state index >= 15 is 0 Å². The van der Waals surface area contributed by atoms with Gasteiger partial charge in [-0.1, -0.05) is 0 Å². The fourth-order valence-electron chi connectivity index (χ4n) is 1.97. The number of rotatable bonds is 5. The lowest BCUT2D eigenvalue weighted by Crippen LogP contribution is -2.56. The molecule has 0 bridgehead atoms. The average Bonchev–Trinajstić information content (AvgIpc) is 2.34. The van der Waals surface area contributed by atoms with Crippen LogP contribution in [0.5, 0.6) is 0 Å². The first kappa shape index (κ1) is 16.9. The van der Waals surface area contributed by atoms with Gasteiger partial charge in [0.25, 0.3) is 0 Å². The summed E-state index contributed by atoms with van der Waals surface area (Å²) < 4.78 is 21.9. The van der Waals surface area contributed by atoms with Gasteiger partial charge in [-0.3, -0.25) is 14.5 Å². The minimum atomic E-state index is -3.47. The van der Waals surface area contributed by atoms with Crippen LogP contribution in [0.25, 0.3) is 0 Å². The van der Waals surface area contributed by atoms with Gasteiger partial charge in [0.05, 0.1) is 6.42 Å². The van der Waals surface area contributed by atoms with Crippen molar-refractivity contribution in [2.24, 2.45) is 0 Å². The molecule has 1 saturated heterocycles. The first-order valence-corrected chi connectivity index (χ1v) is 8.38. The van der Waals surface area contributed by atoms with Crippen molar-refractivity contribution in [2.75, 3.05) is 39.0 Å². The molecule has 0 spiro atoms. The molecule has 7 nitrogen and oxygen atoms in total. The normalized spacial score (nSPS) is 18.1. The third-order valence-corrected chi connectivity index (χ3v) is 5.77. The highest BCUT2D eigenvalue weighted by Crippen LogP contribution is 2.19. The van der Waals surface area contributed by atoms with E-state index in [4.69, 9.17) is 5.11 Å². The van der Waals surface area contributed by atoms with Gasteiger partial charge in [-0.15, -0.1) is 0 Å². The van der Waals surface area contributed by atoms with Crippen LogP contribution in [-0.2, 0) is 19.4 Å². The molecule has 1 amide bonds. The van der Waals surface area contributed by atoms with Gasteiger partial charge in [-0.05, 0) is 13.8 Å². The van der Waals surface area contributed by atoms with Gasteiger partial charge in [-0.25, -0.2) is 8.42 Å². The van der Waals surface area contributed by atoms with Gasteiger partial charge >= 0.3 is 5.97 Å². The lowest BCUT2D eigenvalue weighted by atomic mass is 10.1. The Labute approximate surface area is 119 Å². The summed E-state index contributed by atoms with van der Waals surface area (Å²) in [7, 11) is -3.47. The van der Waals surface area contributed by atoms with Crippen LogP contribution < -0.4 is 0 Å². The number of hydrogen-bond acceptors (Lipinski definition) is 5. The molecule has 0 radical (unpaired) electrons. The van der Waals surface area contributed by atoms with E-state index in [1.54, 1.807) is 0 Å². The van der Waals surface area contributed by atoms with Crippen molar-refractivity contribution < 1.29 is 23.1 Å². The van der Waals surface area contributed by atoms with Crippen LogP contribution in [0.3, 0.4) is 0 Å². The standard InChI is InChI=1S/C12H22N2O5S/c1-12(2,20(3,18)19)11(17)14-8-6-13(7-9-14)5-4-10(15)16/h4-9H2,1-3H3,(H,15,16). The van der Waals surface area contributed by atoms with E-state index in [0.717, 1.165) is 6.26 Å². The number of sulfone groups is 1. The average molecular weight is 306 g/mol. The Morgan fingerprint density at radius 3 is 2.05 bits per heavy atom. The molecular weight excluding hydrogens is 284 g/mol. The number of carboxylic acids is 1. The molecule has 0 aromatic carbocycles. The number of hydrogen-bond donors (Lipinski definition) is 1. The molecule has 1 aliphatic rings. The highest BCUT2D eigenvalue weighted by molar-refractivity contribution is 7.92. The van der Waals surface area contributed by atoms with Gasteiger partial charge in [0.1, 0.15) is 4.75 Å². The van der Waals surface area contributed by atoms with Crippen molar-refractivity contribution in [2.45, 2.75) is 25.0 Å². The van der Waals surface area contributed by atoms with E-state index in [1.807, 2.05) is 4.90 Å². The molecule has 1 fully saturated rings. The van der Waals surface area contributed by atoms with Gasteiger partial charge in [-0.2, -0.15) is 0 Å². The van der Waals surface area contributed by atoms with Crippen molar-refractivity contribution in [3.63, 3.8) is 0 Å². The van der Waals surface area contributed by atoms with Crippen LogP contribution in [0.1, 0.15) is 20.3 Å². The summed E-state index contributed by atoms with van der Waals surface area (Å²) in [5.41, 5.74) is 0. The molecule has 0 aliphatic carbocycles. The van der Waals surface area contributed by atoms with Crippen LogP contribution >= 0.6 is 0 Å². The van der Waals surface area contributed by atoms with Crippen LogP contribution in [0.15, 0.2) is 0 Å². The highest BCUT2D eigenvalue weighted by Gasteiger charge is 2.41. The van der Waals surface area contributed by atoms with Crippen molar-refractivity contribution in [3.05, 3.63) is 0 Å². The molecule has 1 heterocycles. The van der Waals surface area contributed by atoms with E-state index in [1.165, 1.54) is 18.7 Å². The molecule has 116 valence electrons. The van der Waals surface area contributed by atoms with E-state index in [0.29, 0.717) is 32.7 Å². The number of aliphatic carboxylic acids is 1. The molecule has 1 rings (SSSR count). The zero-order valence-electron chi connectivity index (χ0n) is 12.1. The third-order valence-electron chi connectivity index (χ3n) is 3.74. The van der Waals surface area contributed by atoms with E-state index in [9.17, 15) is 18.0 Å². The highest BCUT2D eigenvalue weighted by atomic mass is 32.2. The van der Waals surface area contributed by atoms with Crippen LogP contribution in [0.2, 0.25) is 0 Å². The van der Waals surface area contributed by atoms with Gasteiger partial charge < -0.3 is 10.0 Å². The van der Waals surface area contributed by atoms with E-state index in [2.05, 4.69) is 0 Å².